The summed E-state index contributed by atoms with van der Waals surface area (Å²) in [7, 11) is 0. The highest BCUT2D eigenvalue weighted by atomic mass is 19.1. The monoisotopic (exact) mass is 212 g/mol. The van der Waals surface area contributed by atoms with Crippen LogP contribution in [0.15, 0.2) is 18.2 Å². The summed E-state index contributed by atoms with van der Waals surface area (Å²) in [5.74, 6) is -0.439. The fraction of sp³-hybridized carbons (Fsp3) is 0.364. The normalized spacial score (nSPS) is 12.3. The summed E-state index contributed by atoms with van der Waals surface area (Å²) in [6.07, 6.45) is -1.16. The van der Waals surface area contributed by atoms with E-state index in [4.69, 9.17) is 9.84 Å². The summed E-state index contributed by atoms with van der Waals surface area (Å²) in [5, 5.41) is 9.14. The van der Waals surface area contributed by atoms with Gasteiger partial charge in [-0.25, -0.2) is 4.39 Å². The molecule has 0 saturated carbocycles. The first-order chi connectivity index (χ1) is 7.00. The minimum atomic E-state index is -1.16. The van der Waals surface area contributed by atoms with Crippen molar-refractivity contribution in [3.05, 3.63) is 29.6 Å². The van der Waals surface area contributed by atoms with Gasteiger partial charge in [0.1, 0.15) is 24.3 Å². The summed E-state index contributed by atoms with van der Waals surface area (Å²) in [4.78, 5) is 10.7. The number of rotatable bonds is 4. The van der Waals surface area contributed by atoms with Crippen LogP contribution in [-0.4, -0.2) is 23.6 Å². The van der Waals surface area contributed by atoms with Gasteiger partial charge >= 0.3 is 0 Å². The summed E-state index contributed by atoms with van der Waals surface area (Å²) in [6.45, 7) is 2.76. The molecule has 0 spiro atoms. The van der Waals surface area contributed by atoms with Gasteiger partial charge in [0.15, 0.2) is 5.78 Å². The van der Waals surface area contributed by atoms with Gasteiger partial charge in [-0.3, -0.25) is 4.79 Å². The molecule has 0 unspecified atom stereocenters. The summed E-state index contributed by atoms with van der Waals surface area (Å²) in [5.41, 5.74) is 0.523. The maximum atomic E-state index is 13.1. The van der Waals surface area contributed by atoms with E-state index in [1.165, 1.54) is 13.0 Å². The first-order valence-corrected chi connectivity index (χ1v) is 4.58. The molecular formula is C11H13FO3. The summed E-state index contributed by atoms with van der Waals surface area (Å²) >= 11 is 0. The Morgan fingerprint density at radius 1 is 1.60 bits per heavy atom. The standard InChI is InChI=1S/C11H13FO3/c1-7-3-4-9(5-10(7)12)15-6-11(14)8(2)13/h3-5,11,14H,6H2,1-2H3/t11-/m1/s1. The average Bonchev–Trinajstić information content (AvgIpc) is 2.19. The van der Waals surface area contributed by atoms with Crippen LogP contribution in [0.25, 0.3) is 0 Å². The Hall–Kier alpha value is -1.42. The van der Waals surface area contributed by atoms with Gasteiger partial charge in [-0.2, -0.15) is 0 Å². The minimum Gasteiger partial charge on any atom is -0.490 e. The molecule has 0 aromatic heterocycles. The van der Waals surface area contributed by atoms with Gasteiger partial charge in [-0.05, 0) is 25.5 Å². The van der Waals surface area contributed by atoms with Crippen molar-refractivity contribution in [3.8, 4) is 5.75 Å². The van der Waals surface area contributed by atoms with E-state index in [9.17, 15) is 9.18 Å². The van der Waals surface area contributed by atoms with Crippen molar-refractivity contribution < 1.29 is 19.0 Å². The molecule has 0 aliphatic heterocycles. The van der Waals surface area contributed by atoms with E-state index in [2.05, 4.69) is 0 Å². The van der Waals surface area contributed by atoms with Crippen molar-refractivity contribution >= 4 is 5.78 Å². The minimum absolute atomic E-state index is 0.155. The molecule has 82 valence electrons. The number of aliphatic hydroxyl groups excluding tert-OH is 1. The van der Waals surface area contributed by atoms with Crippen LogP contribution in [0.3, 0.4) is 0 Å². The van der Waals surface area contributed by atoms with Crippen LogP contribution in [0.1, 0.15) is 12.5 Å². The number of ketones is 1. The molecule has 0 aliphatic rings. The molecular weight excluding hydrogens is 199 g/mol. The van der Waals surface area contributed by atoms with Crippen molar-refractivity contribution in [2.45, 2.75) is 20.0 Å². The number of carbonyl (C=O) groups is 1. The lowest BCUT2D eigenvalue weighted by Crippen LogP contribution is -2.25. The van der Waals surface area contributed by atoms with Crippen LogP contribution >= 0.6 is 0 Å². The molecule has 3 nitrogen and oxygen atoms in total. The number of Topliss-reactive ketones (excluding diaryl/α,β-unsaturated/α-hetero) is 1. The zero-order valence-electron chi connectivity index (χ0n) is 8.66. The van der Waals surface area contributed by atoms with Crippen molar-refractivity contribution in [2.24, 2.45) is 0 Å². The number of halogens is 1. The number of aryl methyl sites for hydroxylation is 1. The predicted molar refractivity (Wildman–Crippen MR) is 53.3 cm³/mol. The first kappa shape index (κ1) is 11.7. The lowest BCUT2D eigenvalue weighted by atomic mass is 10.2. The SMILES string of the molecule is CC(=O)[C@H](O)COc1ccc(C)c(F)c1. The molecule has 0 bridgehead atoms. The van der Waals surface area contributed by atoms with E-state index >= 15 is 0 Å². The second-order valence-corrected chi connectivity index (χ2v) is 3.35. The first-order valence-electron chi connectivity index (χ1n) is 4.58. The lowest BCUT2D eigenvalue weighted by Gasteiger charge is -2.09. The molecule has 0 fully saturated rings. The molecule has 0 aliphatic carbocycles. The topological polar surface area (TPSA) is 46.5 Å². The Balaban J connectivity index is 2.58. The van der Waals surface area contributed by atoms with Crippen LogP contribution in [0.2, 0.25) is 0 Å². The highest BCUT2D eigenvalue weighted by Gasteiger charge is 2.10. The predicted octanol–water partition coefficient (Wildman–Crippen LogP) is 1.46. The van der Waals surface area contributed by atoms with Gasteiger partial charge in [0.05, 0.1) is 0 Å². The summed E-state index contributed by atoms with van der Waals surface area (Å²) in [6, 6.07) is 4.39. The van der Waals surface area contributed by atoms with Crippen LogP contribution in [-0.2, 0) is 4.79 Å². The fourth-order valence-corrected chi connectivity index (χ4v) is 0.956. The van der Waals surface area contributed by atoms with E-state index in [-0.39, 0.29) is 18.2 Å². The fourth-order valence-electron chi connectivity index (χ4n) is 0.956. The third kappa shape index (κ3) is 3.32. The molecule has 1 N–H and O–H groups in total. The average molecular weight is 212 g/mol. The third-order valence-corrected chi connectivity index (χ3v) is 2.02. The van der Waals surface area contributed by atoms with E-state index in [0.29, 0.717) is 11.3 Å². The highest BCUT2D eigenvalue weighted by molar-refractivity contribution is 5.80. The number of hydrogen-bond acceptors (Lipinski definition) is 3. The molecule has 1 aromatic rings. The smallest absolute Gasteiger partial charge is 0.161 e. The van der Waals surface area contributed by atoms with Gasteiger partial charge in [0, 0.05) is 6.07 Å². The van der Waals surface area contributed by atoms with Crippen molar-refractivity contribution in [3.63, 3.8) is 0 Å². The number of benzene rings is 1. The molecule has 4 heteroatoms. The maximum absolute atomic E-state index is 13.1. The second kappa shape index (κ2) is 4.89. The van der Waals surface area contributed by atoms with Gasteiger partial charge < -0.3 is 9.84 Å². The zero-order valence-corrected chi connectivity index (χ0v) is 8.66. The van der Waals surface area contributed by atoms with E-state index in [1.54, 1.807) is 19.1 Å². The molecule has 1 atom stereocenters. The Bertz CT molecular complexity index is 363. The zero-order chi connectivity index (χ0) is 11.4. The largest absolute Gasteiger partial charge is 0.490 e. The molecule has 0 saturated heterocycles. The number of aliphatic hydroxyl groups is 1. The number of hydrogen-bond donors (Lipinski definition) is 1. The lowest BCUT2D eigenvalue weighted by molar-refractivity contribution is -0.126. The maximum Gasteiger partial charge on any atom is 0.161 e. The van der Waals surface area contributed by atoms with Crippen LogP contribution in [0.4, 0.5) is 4.39 Å². The Morgan fingerprint density at radius 3 is 2.80 bits per heavy atom. The molecule has 0 radical (unpaired) electrons. The molecule has 0 heterocycles. The van der Waals surface area contributed by atoms with Gasteiger partial charge in [-0.1, -0.05) is 6.07 Å². The quantitative estimate of drug-likeness (QED) is 0.821. The second-order valence-electron chi connectivity index (χ2n) is 3.35. The molecule has 15 heavy (non-hydrogen) atoms. The van der Waals surface area contributed by atoms with Crippen molar-refractivity contribution in [2.75, 3.05) is 6.61 Å². The number of carbonyl (C=O) groups excluding carboxylic acids is 1. The molecule has 0 amide bonds. The van der Waals surface area contributed by atoms with Gasteiger partial charge in [-0.15, -0.1) is 0 Å². The van der Waals surface area contributed by atoms with Gasteiger partial charge in [0.2, 0.25) is 0 Å². The van der Waals surface area contributed by atoms with E-state index in [0.717, 1.165) is 0 Å². The van der Waals surface area contributed by atoms with E-state index in [1.807, 2.05) is 0 Å². The number of ether oxygens (including phenoxy) is 1. The van der Waals surface area contributed by atoms with Crippen LogP contribution in [0.5, 0.6) is 5.75 Å². The van der Waals surface area contributed by atoms with Gasteiger partial charge in [0.25, 0.3) is 0 Å². The van der Waals surface area contributed by atoms with Crippen molar-refractivity contribution in [1.29, 1.82) is 0 Å². The Labute approximate surface area is 87.5 Å². The third-order valence-electron chi connectivity index (χ3n) is 2.02. The highest BCUT2D eigenvalue weighted by Crippen LogP contribution is 2.15. The van der Waals surface area contributed by atoms with E-state index < -0.39 is 6.10 Å². The molecule has 1 rings (SSSR count). The summed E-state index contributed by atoms with van der Waals surface area (Å²) < 4.78 is 18.1. The Kier molecular flexibility index (Phi) is 3.80. The van der Waals surface area contributed by atoms with Crippen molar-refractivity contribution in [1.82, 2.24) is 0 Å². The Morgan fingerprint density at radius 2 is 2.27 bits per heavy atom. The van der Waals surface area contributed by atoms with Crippen LogP contribution in [0, 0.1) is 12.7 Å². The molecule has 1 aromatic carbocycles. The van der Waals surface area contributed by atoms with Crippen LogP contribution < -0.4 is 4.74 Å².